The van der Waals surface area contributed by atoms with Crippen molar-refractivity contribution in [1.82, 2.24) is 9.71 Å². The minimum atomic E-state index is -3.98. The fraction of sp³-hybridized carbons (Fsp3) is 0.156. The number of fused-ring (bicyclic) bond motifs is 1. The molecule has 214 valence electrons. The van der Waals surface area contributed by atoms with Gasteiger partial charge in [0.25, 0.3) is 0 Å². The van der Waals surface area contributed by atoms with Gasteiger partial charge >= 0.3 is 11.7 Å². The molecule has 1 amide bonds. The van der Waals surface area contributed by atoms with Crippen LogP contribution in [0.25, 0.3) is 10.9 Å². The van der Waals surface area contributed by atoms with E-state index in [1.165, 1.54) is 12.1 Å². The topological polar surface area (TPSA) is 128 Å². The number of aromatic nitrogens is 1. The summed E-state index contributed by atoms with van der Waals surface area (Å²) >= 11 is 0. The van der Waals surface area contributed by atoms with Crippen LogP contribution in [0.5, 0.6) is 0 Å². The predicted octanol–water partition coefficient (Wildman–Crippen LogP) is 5.82. The number of ether oxygens (including phenoxy) is 1. The highest BCUT2D eigenvalue weighted by Crippen LogP contribution is 2.26. The number of anilines is 1. The Kier molecular flexibility index (Phi) is 8.46. The molecule has 4 aromatic carbocycles. The van der Waals surface area contributed by atoms with Gasteiger partial charge in [-0.3, -0.25) is 5.32 Å². The van der Waals surface area contributed by atoms with Crippen LogP contribution in [0.2, 0.25) is 0 Å². The van der Waals surface area contributed by atoms with Gasteiger partial charge in [-0.15, -0.1) is 0 Å². The Balaban J connectivity index is 1.44. The maximum Gasteiger partial charge on any atom is 0.411 e. The molecule has 5 aromatic rings. The summed E-state index contributed by atoms with van der Waals surface area (Å²) in [6, 6.07) is 27.2. The number of sulfonamides is 1. The molecule has 5 rings (SSSR count). The number of nitrogens with zero attached hydrogens (tertiary/aromatic N) is 1. The molecule has 0 aliphatic rings. The average molecular weight is 584 g/mol. The Bertz CT molecular complexity index is 1870. The van der Waals surface area contributed by atoms with Gasteiger partial charge in [-0.1, -0.05) is 78.4 Å². The summed E-state index contributed by atoms with van der Waals surface area (Å²) in [6.45, 7) is 3.62. The van der Waals surface area contributed by atoms with Gasteiger partial charge in [0.1, 0.15) is 12.6 Å². The van der Waals surface area contributed by atoms with E-state index in [9.17, 15) is 18.0 Å². The quantitative estimate of drug-likeness (QED) is 0.224. The van der Waals surface area contributed by atoms with Crippen molar-refractivity contribution < 1.29 is 22.4 Å². The highest BCUT2D eigenvalue weighted by Gasteiger charge is 2.26. The maximum atomic E-state index is 13.3. The molecule has 0 bridgehead atoms. The fourth-order valence-electron chi connectivity index (χ4n) is 4.49. The molecule has 0 aliphatic heterocycles. The van der Waals surface area contributed by atoms with Gasteiger partial charge in [-0.05, 0) is 61.2 Å². The van der Waals surface area contributed by atoms with E-state index in [2.05, 4.69) is 15.0 Å². The monoisotopic (exact) mass is 583 g/mol. The molecular weight excluding hydrogens is 554 g/mol. The minimum Gasteiger partial charge on any atom is -0.444 e. The third kappa shape index (κ3) is 6.73. The lowest BCUT2D eigenvalue weighted by molar-refractivity contribution is 0.155. The van der Waals surface area contributed by atoms with Crippen LogP contribution in [-0.2, 0) is 27.8 Å². The SMILES string of the molecule is Cc1ccc(S(=O)(=O)NC(Cc2ccccc2)c2nc3ccc(NC(=O)OCc4ccccc4)c(C)c3c(=O)o2)cc1. The van der Waals surface area contributed by atoms with E-state index in [0.29, 0.717) is 16.8 Å². The van der Waals surface area contributed by atoms with Gasteiger partial charge in [0.2, 0.25) is 15.9 Å². The number of hydrogen-bond acceptors (Lipinski definition) is 7. The van der Waals surface area contributed by atoms with Crippen molar-refractivity contribution >= 4 is 32.7 Å². The van der Waals surface area contributed by atoms with E-state index in [4.69, 9.17) is 9.15 Å². The Hall–Kier alpha value is -4.80. The van der Waals surface area contributed by atoms with Crippen molar-refractivity contribution in [2.75, 3.05) is 5.32 Å². The predicted molar refractivity (Wildman–Crippen MR) is 160 cm³/mol. The molecular formula is C32H29N3O6S. The van der Waals surface area contributed by atoms with E-state index in [0.717, 1.165) is 16.7 Å². The summed E-state index contributed by atoms with van der Waals surface area (Å²) in [6.07, 6.45) is -0.483. The Morgan fingerprint density at radius 3 is 2.19 bits per heavy atom. The van der Waals surface area contributed by atoms with Crippen LogP contribution in [0.1, 0.15) is 34.2 Å². The smallest absolute Gasteiger partial charge is 0.411 e. The van der Waals surface area contributed by atoms with Gasteiger partial charge in [0.05, 0.1) is 15.8 Å². The summed E-state index contributed by atoms with van der Waals surface area (Å²) in [5.74, 6) is -0.0746. The van der Waals surface area contributed by atoms with Crippen LogP contribution in [0.15, 0.2) is 111 Å². The normalized spacial score (nSPS) is 12.1. The second-order valence-electron chi connectivity index (χ2n) is 9.84. The first-order valence-electron chi connectivity index (χ1n) is 13.2. The van der Waals surface area contributed by atoms with Crippen molar-refractivity contribution in [3.05, 3.63) is 136 Å². The number of amides is 1. The summed E-state index contributed by atoms with van der Waals surface area (Å²) in [5, 5.41) is 2.83. The Morgan fingerprint density at radius 2 is 1.52 bits per heavy atom. The molecule has 1 unspecified atom stereocenters. The van der Waals surface area contributed by atoms with E-state index in [-0.39, 0.29) is 29.2 Å². The number of carbonyl (C=O) groups excluding carboxylic acids is 1. The van der Waals surface area contributed by atoms with Crippen molar-refractivity contribution in [1.29, 1.82) is 0 Å². The summed E-state index contributed by atoms with van der Waals surface area (Å²) in [7, 11) is -3.98. The zero-order valence-corrected chi connectivity index (χ0v) is 23.9. The first-order valence-corrected chi connectivity index (χ1v) is 14.7. The number of aryl methyl sites for hydroxylation is 2. The number of benzene rings is 4. The van der Waals surface area contributed by atoms with E-state index >= 15 is 0 Å². The minimum absolute atomic E-state index is 0.0746. The van der Waals surface area contributed by atoms with E-state index in [1.807, 2.05) is 67.6 Å². The van der Waals surface area contributed by atoms with Gasteiger partial charge in [0, 0.05) is 5.69 Å². The average Bonchev–Trinajstić information content (AvgIpc) is 2.98. The lowest BCUT2D eigenvalue weighted by atomic mass is 10.1. The number of rotatable bonds is 9. The summed E-state index contributed by atoms with van der Waals surface area (Å²) in [4.78, 5) is 30.3. The van der Waals surface area contributed by atoms with E-state index < -0.39 is 27.8 Å². The third-order valence-corrected chi connectivity index (χ3v) is 8.22. The van der Waals surface area contributed by atoms with Crippen molar-refractivity contribution in [2.45, 2.75) is 37.8 Å². The molecule has 0 spiro atoms. The molecule has 0 aliphatic carbocycles. The molecule has 0 fully saturated rings. The third-order valence-electron chi connectivity index (χ3n) is 6.73. The van der Waals surface area contributed by atoms with Gasteiger partial charge < -0.3 is 9.15 Å². The van der Waals surface area contributed by atoms with Gasteiger partial charge in [-0.2, -0.15) is 4.72 Å². The van der Waals surface area contributed by atoms with Gasteiger partial charge in [0.15, 0.2) is 0 Å². The van der Waals surface area contributed by atoms with Crippen molar-refractivity contribution in [3.63, 3.8) is 0 Å². The zero-order valence-electron chi connectivity index (χ0n) is 23.0. The van der Waals surface area contributed by atoms with Crippen LogP contribution in [0, 0.1) is 13.8 Å². The number of carbonyl (C=O) groups is 1. The summed E-state index contributed by atoms with van der Waals surface area (Å²) in [5.41, 5.74) is 2.98. The highest BCUT2D eigenvalue weighted by molar-refractivity contribution is 7.89. The van der Waals surface area contributed by atoms with E-state index in [1.54, 1.807) is 31.2 Å². The maximum absolute atomic E-state index is 13.3. The molecule has 9 nitrogen and oxygen atoms in total. The molecule has 0 saturated carbocycles. The number of nitrogens with one attached hydrogen (secondary N) is 2. The fourth-order valence-corrected chi connectivity index (χ4v) is 5.68. The van der Waals surface area contributed by atoms with Crippen LogP contribution in [0.3, 0.4) is 0 Å². The second-order valence-corrected chi connectivity index (χ2v) is 11.5. The lowest BCUT2D eigenvalue weighted by Gasteiger charge is -2.18. The van der Waals surface area contributed by atoms with Crippen molar-refractivity contribution in [2.24, 2.45) is 0 Å². The van der Waals surface area contributed by atoms with Crippen LogP contribution in [0.4, 0.5) is 10.5 Å². The Morgan fingerprint density at radius 1 is 0.881 bits per heavy atom. The molecule has 1 aromatic heterocycles. The van der Waals surface area contributed by atoms with Gasteiger partial charge in [-0.25, -0.2) is 23.0 Å². The first kappa shape index (κ1) is 28.7. The molecule has 0 saturated heterocycles. The highest BCUT2D eigenvalue weighted by atomic mass is 32.2. The molecule has 10 heteroatoms. The number of hydrogen-bond donors (Lipinski definition) is 2. The molecule has 1 atom stereocenters. The van der Waals surface area contributed by atoms with Crippen LogP contribution in [-0.4, -0.2) is 19.5 Å². The Labute approximate surface area is 243 Å². The molecule has 0 radical (unpaired) electrons. The largest absolute Gasteiger partial charge is 0.444 e. The zero-order chi connectivity index (χ0) is 29.7. The molecule has 1 heterocycles. The lowest BCUT2D eigenvalue weighted by Crippen LogP contribution is -2.31. The molecule has 2 N–H and O–H groups in total. The van der Waals surface area contributed by atoms with Crippen LogP contribution >= 0.6 is 0 Å². The van der Waals surface area contributed by atoms with Crippen molar-refractivity contribution in [3.8, 4) is 0 Å². The second kappa shape index (κ2) is 12.4. The first-order chi connectivity index (χ1) is 20.2. The standard InChI is InChI=1S/C32H29N3O6S/c1-21-13-15-25(16-14-21)42(38,39)35-28(19-23-9-5-3-6-10-23)30-33-27-18-17-26(22(2)29(27)31(36)41-30)34-32(37)40-20-24-11-7-4-8-12-24/h3-18,28,35H,19-20H2,1-2H3,(H,34,37). The van der Waals surface area contributed by atoms with Crippen LogP contribution < -0.4 is 15.7 Å². The summed E-state index contributed by atoms with van der Waals surface area (Å²) < 4.78 is 40.2. The molecule has 42 heavy (non-hydrogen) atoms.